The Morgan fingerprint density at radius 2 is 1.88 bits per heavy atom. The largest absolute Gasteiger partial charge is 0.395 e. The van der Waals surface area contributed by atoms with Gasteiger partial charge in [-0.25, -0.2) is 13.1 Å². The van der Waals surface area contributed by atoms with Gasteiger partial charge in [0.15, 0.2) is 0 Å². The SMILES string of the molecule is C[C@@H](CO)NS(=O)(=O)c1c(Cl)cc(Br)cc1Cl. The molecule has 0 saturated carbocycles. The molecular formula is C9H10BrCl2NO3S. The number of aliphatic hydroxyl groups is 1. The van der Waals surface area contributed by atoms with E-state index in [0.717, 1.165) is 0 Å². The van der Waals surface area contributed by atoms with Gasteiger partial charge in [-0.15, -0.1) is 0 Å². The molecule has 0 aliphatic rings. The molecule has 96 valence electrons. The summed E-state index contributed by atoms with van der Waals surface area (Å²) in [5.74, 6) is 0. The van der Waals surface area contributed by atoms with Crippen LogP contribution in [0.4, 0.5) is 0 Å². The molecule has 0 heterocycles. The number of halogens is 3. The van der Waals surface area contributed by atoms with Gasteiger partial charge >= 0.3 is 0 Å². The fourth-order valence-electron chi connectivity index (χ4n) is 1.15. The van der Waals surface area contributed by atoms with Gasteiger partial charge in [-0.05, 0) is 19.1 Å². The number of sulfonamides is 1. The fourth-order valence-corrected chi connectivity index (χ4v) is 4.32. The molecule has 0 aliphatic heterocycles. The van der Waals surface area contributed by atoms with Gasteiger partial charge in [0.05, 0.1) is 16.7 Å². The second-order valence-corrected chi connectivity index (χ2v) is 6.78. The number of hydrogen-bond donors (Lipinski definition) is 2. The summed E-state index contributed by atoms with van der Waals surface area (Å²) < 4.78 is 26.7. The molecule has 0 spiro atoms. The molecule has 0 fully saturated rings. The molecule has 2 N–H and O–H groups in total. The molecule has 1 aromatic carbocycles. The molecule has 8 heteroatoms. The predicted molar refractivity (Wildman–Crippen MR) is 71.0 cm³/mol. The smallest absolute Gasteiger partial charge is 0.243 e. The van der Waals surface area contributed by atoms with E-state index in [-0.39, 0.29) is 21.5 Å². The van der Waals surface area contributed by atoms with Crippen molar-refractivity contribution in [3.8, 4) is 0 Å². The van der Waals surface area contributed by atoms with E-state index in [4.69, 9.17) is 28.3 Å². The Bertz CT molecular complexity index is 498. The van der Waals surface area contributed by atoms with Gasteiger partial charge in [-0.2, -0.15) is 0 Å². The van der Waals surface area contributed by atoms with Crippen molar-refractivity contribution in [3.63, 3.8) is 0 Å². The standard InChI is InChI=1S/C9H10BrCl2NO3S/c1-5(4-14)13-17(15,16)9-7(11)2-6(10)3-8(9)12/h2-3,5,13-14H,4H2,1H3/t5-/m0/s1. The average Bonchev–Trinajstić information content (AvgIpc) is 2.14. The van der Waals surface area contributed by atoms with E-state index in [0.29, 0.717) is 4.47 Å². The van der Waals surface area contributed by atoms with Crippen molar-refractivity contribution in [3.05, 3.63) is 26.7 Å². The summed E-state index contributed by atoms with van der Waals surface area (Å²) in [6, 6.07) is 2.26. The predicted octanol–water partition coefficient (Wildman–Crippen LogP) is 2.42. The maximum atomic E-state index is 11.9. The summed E-state index contributed by atoms with van der Waals surface area (Å²) in [5, 5.41) is 8.86. The van der Waals surface area contributed by atoms with Crippen LogP contribution in [0.15, 0.2) is 21.5 Å². The van der Waals surface area contributed by atoms with Gasteiger partial charge < -0.3 is 5.11 Å². The van der Waals surface area contributed by atoms with Crippen LogP contribution >= 0.6 is 39.1 Å². The quantitative estimate of drug-likeness (QED) is 0.864. The monoisotopic (exact) mass is 361 g/mol. The highest BCUT2D eigenvalue weighted by Gasteiger charge is 2.23. The third-order valence-corrected chi connectivity index (χ3v) is 4.83. The first-order chi connectivity index (χ1) is 7.77. The van der Waals surface area contributed by atoms with Crippen LogP contribution in [0.2, 0.25) is 10.0 Å². The highest BCUT2D eigenvalue weighted by Crippen LogP contribution is 2.32. The second kappa shape index (κ2) is 5.86. The van der Waals surface area contributed by atoms with Crippen molar-refractivity contribution in [2.24, 2.45) is 0 Å². The number of aliphatic hydroxyl groups excluding tert-OH is 1. The van der Waals surface area contributed by atoms with Crippen molar-refractivity contribution in [2.75, 3.05) is 6.61 Å². The highest BCUT2D eigenvalue weighted by molar-refractivity contribution is 9.10. The Hall–Kier alpha value is 0.150. The summed E-state index contributed by atoms with van der Waals surface area (Å²) in [5.41, 5.74) is 0. The van der Waals surface area contributed by atoms with E-state index < -0.39 is 16.1 Å². The van der Waals surface area contributed by atoms with E-state index in [1.807, 2.05) is 0 Å². The minimum Gasteiger partial charge on any atom is -0.395 e. The lowest BCUT2D eigenvalue weighted by Gasteiger charge is -2.13. The fraction of sp³-hybridized carbons (Fsp3) is 0.333. The topological polar surface area (TPSA) is 66.4 Å². The second-order valence-electron chi connectivity index (χ2n) is 3.40. The zero-order valence-corrected chi connectivity index (χ0v) is 12.7. The van der Waals surface area contributed by atoms with Crippen molar-refractivity contribution in [2.45, 2.75) is 17.9 Å². The molecule has 0 bridgehead atoms. The molecule has 1 aromatic rings. The van der Waals surface area contributed by atoms with Crippen molar-refractivity contribution in [1.29, 1.82) is 0 Å². The zero-order chi connectivity index (χ0) is 13.2. The van der Waals surface area contributed by atoms with Gasteiger partial charge in [-0.1, -0.05) is 39.1 Å². The van der Waals surface area contributed by atoms with Crippen LogP contribution in [0.3, 0.4) is 0 Å². The Balaban J connectivity index is 3.25. The Labute approximate surface area is 118 Å². The zero-order valence-electron chi connectivity index (χ0n) is 8.75. The van der Waals surface area contributed by atoms with Crippen LogP contribution < -0.4 is 4.72 Å². The Kier molecular flexibility index (Phi) is 5.24. The van der Waals surface area contributed by atoms with Gasteiger partial charge in [0.25, 0.3) is 0 Å². The first-order valence-electron chi connectivity index (χ1n) is 4.55. The molecule has 0 aromatic heterocycles. The molecule has 0 radical (unpaired) electrons. The summed E-state index contributed by atoms with van der Waals surface area (Å²) >= 11 is 14.9. The normalized spacial score (nSPS) is 13.7. The Morgan fingerprint density at radius 1 is 1.41 bits per heavy atom. The lowest BCUT2D eigenvalue weighted by atomic mass is 10.4. The van der Waals surface area contributed by atoms with Gasteiger partial charge in [0.1, 0.15) is 4.90 Å². The average molecular weight is 363 g/mol. The van der Waals surface area contributed by atoms with Gasteiger partial charge in [0, 0.05) is 10.5 Å². The minimum atomic E-state index is -3.84. The molecule has 0 saturated heterocycles. The van der Waals surface area contributed by atoms with Crippen molar-refractivity contribution in [1.82, 2.24) is 4.72 Å². The molecular weight excluding hydrogens is 353 g/mol. The van der Waals surface area contributed by atoms with Crippen LogP contribution in [0, 0.1) is 0 Å². The summed E-state index contributed by atoms with van der Waals surface area (Å²) in [4.78, 5) is -0.190. The third-order valence-electron chi connectivity index (χ3n) is 1.86. The van der Waals surface area contributed by atoms with Crippen LogP contribution in [0.1, 0.15) is 6.92 Å². The number of rotatable bonds is 4. The minimum absolute atomic E-state index is 0.0158. The van der Waals surface area contributed by atoms with Crippen LogP contribution in [0.5, 0.6) is 0 Å². The van der Waals surface area contributed by atoms with Gasteiger partial charge in [0.2, 0.25) is 10.0 Å². The molecule has 1 rings (SSSR count). The summed E-state index contributed by atoms with van der Waals surface area (Å²) in [6.45, 7) is 1.21. The lowest BCUT2D eigenvalue weighted by molar-refractivity contribution is 0.265. The van der Waals surface area contributed by atoms with Crippen molar-refractivity contribution >= 4 is 49.2 Å². The maximum absolute atomic E-state index is 11.9. The molecule has 0 amide bonds. The van der Waals surface area contributed by atoms with Crippen LogP contribution in [-0.4, -0.2) is 26.2 Å². The van der Waals surface area contributed by atoms with E-state index in [9.17, 15) is 8.42 Å². The summed E-state index contributed by atoms with van der Waals surface area (Å²) in [7, 11) is -3.84. The van der Waals surface area contributed by atoms with E-state index in [2.05, 4.69) is 20.7 Å². The number of benzene rings is 1. The summed E-state index contributed by atoms with van der Waals surface area (Å²) in [6.07, 6.45) is 0. The molecule has 1 atom stereocenters. The Morgan fingerprint density at radius 3 is 2.29 bits per heavy atom. The maximum Gasteiger partial charge on any atom is 0.243 e. The first-order valence-corrected chi connectivity index (χ1v) is 7.59. The number of hydrogen-bond acceptors (Lipinski definition) is 3. The van der Waals surface area contributed by atoms with Crippen LogP contribution in [-0.2, 0) is 10.0 Å². The molecule has 0 aliphatic carbocycles. The van der Waals surface area contributed by atoms with E-state index >= 15 is 0 Å². The molecule has 4 nitrogen and oxygen atoms in total. The van der Waals surface area contributed by atoms with Gasteiger partial charge in [-0.3, -0.25) is 0 Å². The number of nitrogens with one attached hydrogen (secondary N) is 1. The van der Waals surface area contributed by atoms with E-state index in [1.54, 1.807) is 0 Å². The van der Waals surface area contributed by atoms with E-state index in [1.165, 1.54) is 19.1 Å². The highest BCUT2D eigenvalue weighted by atomic mass is 79.9. The molecule has 0 unspecified atom stereocenters. The third kappa shape index (κ3) is 3.81. The van der Waals surface area contributed by atoms with Crippen molar-refractivity contribution < 1.29 is 13.5 Å². The lowest BCUT2D eigenvalue weighted by Crippen LogP contribution is -2.35. The van der Waals surface area contributed by atoms with Crippen LogP contribution in [0.25, 0.3) is 0 Å². The molecule has 17 heavy (non-hydrogen) atoms. The first kappa shape index (κ1) is 15.2.